The number of ether oxygens (including phenoxy) is 1. The fraction of sp³-hybridized carbons (Fsp3) is 0.242. The van der Waals surface area contributed by atoms with Crippen molar-refractivity contribution < 1.29 is 9.53 Å². The normalized spacial score (nSPS) is 18.1. The van der Waals surface area contributed by atoms with Crippen LogP contribution in [-0.2, 0) is 11.4 Å². The first-order chi connectivity index (χ1) is 18.2. The molecule has 1 aliphatic carbocycles. The third kappa shape index (κ3) is 4.60. The molecule has 192 valence electrons. The standard InChI is InChI=1S/C33H29Br2NO2/c1-19-8-10-20(11-9-19)18-38-32-25(34)14-22(15-26(32)35)31-30-24(16-33(2,3)17-28(30)37)29-23-7-5-4-6-21(23)12-13-27(29)36-31/h4-15,31,36H,16-18H2,1-3H3/t31-/m0/s1. The smallest absolute Gasteiger partial charge is 0.162 e. The lowest BCUT2D eigenvalue weighted by Crippen LogP contribution is -2.33. The van der Waals surface area contributed by atoms with Crippen molar-refractivity contribution in [1.82, 2.24) is 0 Å². The molecule has 4 aromatic rings. The van der Waals surface area contributed by atoms with Crippen molar-refractivity contribution in [3.8, 4) is 5.75 Å². The van der Waals surface area contributed by atoms with Crippen LogP contribution in [0.15, 0.2) is 87.3 Å². The minimum atomic E-state index is -0.235. The molecule has 3 nitrogen and oxygen atoms in total. The van der Waals surface area contributed by atoms with Crippen LogP contribution in [0.5, 0.6) is 5.75 Å². The van der Waals surface area contributed by atoms with Crippen LogP contribution in [0, 0.1) is 12.3 Å². The lowest BCUT2D eigenvalue weighted by atomic mass is 9.68. The highest BCUT2D eigenvalue weighted by atomic mass is 79.9. The number of nitrogens with one attached hydrogen (secondary N) is 1. The van der Waals surface area contributed by atoms with Gasteiger partial charge in [0, 0.05) is 23.2 Å². The number of benzene rings is 4. The molecule has 0 unspecified atom stereocenters. The molecule has 6 rings (SSSR count). The van der Waals surface area contributed by atoms with Crippen molar-refractivity contribution in [2.24, 2.45) is 5.41 Å². The summed E-state index contributed by atoms with van der Waals surface area (Å²) < 4.78 is 7.91. The maximum Gasteiger partial charge on any atom is 0.162 e. The van der Waals surface area contributed by atoms with Crippen LogP contribution in [0.1, 0.15) is 55.0 Å². The number of hydrogen-bond acceptors (Lipinski definition) is 3. The van der Waals surface area contributed by atoms with Gasteiger partial charge in [0.15, 0.2) is 5.78 Å². The third-order valence-electron chi connectivity index (χ3n) is 7.60. The van der Waals surface area contributed by atoms with Crippen LogP contribution < -0.4 is 10.1 Å². The van der Waals surface area contributed by atoms with Crippen molar-refractivity contribution in [3.63, 3.8) is 0 Å². The zero-order valence-electron chi connectivity index (χ0n) is 21.7. The largest absolute Gasteiger partial charge is 0.487 e. The number of hydrogen-bond donors (Lipinski definition) is 1. The highest BCUT2D eigenvalue weighted by Gasteiger charge is 2.41. The summed E-state index contributed by atoms with van der Waals surface area (Å²) in [6.07, 6.45) is 1.41. The van der Waals surface area contributed by atoms with E-state index in [0.29, 0.717) is 13.0 Å². The van der Waals surface area contributed by atoms with Gasteiger partial charge < -0.3 is 10.1 Å². The predicted octanol–water partition coefficient (Wildman–Crippen LogP) is 9.56. The number of carbonyl (C=O) groups excluding carboxylic acids is 1. The van der Waals surface area contributed by atoms with E-state index in [1.165, 1.54) is 27.5 Å². The Kier molecular flexibility index (Phi) is 6.48. The lowest BCUT2D eigenvalue weighted by Gasteiger charge is -2.40. The zero-order valence-corrected chi connectivity index (χ0v) is 24.9. The van der Waals surface area contributed by atoms with Crippen molar-refractivity contribution in [2.75, 3.05) is 5.32 Å². The lowest BCUT2D eigenvalue weighted by molar-refractivity contribution is -0.118. The number of carbonyl (C=O) groups is 1. The van der Waals surface area contributed by atoms with E-state index < -0.39 is 0 Å². The van der Waals surface area contributed by atoms with Gasteiger partial charge in [0.1, 0.15) is 12.4 Å². The minimum absolute atomic E-state index is 0.0825. The molecule has 0 saturated carbocycles. The first-order valence-corrected chi connectivity index (χ1v) is 14.5. The van der Waals surface area contributed by atoms with E-state index in [2.05, 4.69) is 131 Å². The number of rotatable bonds is 4. The number of allylic oxidation sites excluding steroid dienone is 1. The molecule has 38 heavy (non-hydrogen) atoms. The maximum atomic E-state index is 13.7. The Bertz CT molecular complexity index is 1600. The van der Waals surface area contributed by atoms with Gasteiger partial charge in [0.05, 0.1) is 15.0 Å². The molecule has 0 fully saturated rings. The SMILES string of the molecule is Cc1ccc(COc2c(Br)cc([C@@H]3Nc4ccc5ccccc5c4C4=C3C(=O)CC(C)(C)C4)cc2Br)cc1. The Morgan fingerprint density at radius 1 is 0.947 bits per heavy atom. The number of anilines is 1. The molecule has 5 heteroatoms. The molecule has 0 bridgehead atoms. The summed E-state index contributed by atoms with van der Waals surface area (Å²) in [4.78, 5) is 13.7. The molecule has 1 N–H and O–H groups in total. The van der Waals surface area contributed by atoms with Gasteiger partial charge in [0.25, 0.3) is 0 Å². The van der Waals surface area contributed by atoms with Gasteiger partial charge >= 0.3 is 0 Å². The topological polar surface area (TPSA) is 38.3 Å². The van der Waals surface area contributed by atoms with Gasteiger partial charge in [-0.25, -0.2) is 0 Å². The van der Waals surface area contributed by atoms with E-state index >= 15 is 0 Å². The highest BCUT2D eigenvalue weighted by molar-refractivity contribution is 9.11. The maximum absolute atomic E-state index is 13.7. The van der Waals surface area contributed by atoms with Crippen molar-refractivity contribution >= 4 is 59.7 Å². The summed E-state index contributed by atoms with van der Waals surface area (Å²) in [6.45, 7) is 6.95. The van der Waals surface area contributed by atoms with Gasteiger partial charge in [-0.2, -0.15) is 0 Å². The Labute approximate surface area is 240 Å². The van der Waals surface area contributed by atoms with E-state index in [1.807, 2.05) is 0 Å². The molecule has 0 aromatic heterocycles. The van der Waals surface area contributed by atoms with E-state index in [4.69, 9.17) is 4.74 Å². The third-order valence-corrected chi connectivity index (χ3v) is 8.78. The zero-order chi connectivity index (χ0) is 26.6. The molecule has 0 spiro atoms. The second-order valence-electron chi connectivity index (χ2n) is 11.2. The van der Waals surface area contributed by atoms with E-state index in [0.717, 1.165) is 43.5 Å². The quantitative estimate of drug-likeness (QED) is 0.244. The molecule has 1 atom stereocenters. The fourth-order valence-corrected chi connectivity index (χ4v) is 7.26. The van der Waals surface area contributed by atoms with E-state index in [9.17, 15) is 4.79 Å². The van der Waals surface area contributed by atoms with Crippen LogP contribution >= 0.6 is 31.9 Å². The summed E-state index contributed by atoms with van der Waals surface area (Å²) in [5.74, 6) is 0.973. The summed E-state index contributed by atoms with van der Waals surface area (Å²) in [5, 5.41) is 6.12. The number of aryl methyl sites for hydroxylation is 1. The van der Waals surface area contributed by atoms with Gasteiger partial charge in [-0.15, -0.1) is 0 Å². The Balaban J connectivity index is 1.42. The first-order valence-electron chi connectivity index (χ1n) is 12.9. The molecular formula is C33H29Br2NO2. The Morgan fingerprint density at radius 2 is 1.66 bits per heavy atom. The number of ketones is 1. The predicted molar refractivity (Wildman–Crippen MR) is 163 cm³/mol. The molecule has 1 aliphatic heterocycles. The summed E-state index contributed by atoms with van der Waals surface area (Å²) >= 11 is 7.50. The van der Waals surface area contributed by atoms with Crippen molar-refractivity contribution in [1.29, 1.82) is 0 Å². The molecular weight excluding hydrogens is 602 g/mol. The Hall–Kier alpha value is -2.89. The Morgan fingerprint density at radius 3 is 2.39 bits per heavy atom. The van der Waals surface area contributed by atoms with Crippen molar-refractivity contribution in [2.45, 2.75) is 46.3 Å². The molecule has 0 saturated heterocycles. The van der Waals surface area contributed by atoms with Crippen LogP contribution in [0.25, 0.3) is 16.3 Å². The second-order valence-corrected chi connectivity index (χ2v) is 12.9. The molecule has 1 heterocycles. The van der Waals surface area contributed by atoms with Gasteiger partial charge in [0.2, 0.25) is 0 Å². The van der Waals surface area contributed by atoms with Gasteiger partial charge in [-0.05, 0) is 96.3 Å². The molecule has 2 aliphatic rings. The van der Waals surface area contributed by atoms with Gasteiger partial charge in [-0.1, -0.05) is 74.0 Å². The number of Topliss-reactive ketones (excluding diaryl/α,β-unsaturated/α-hetero) is 1. The van der Waals surface area contributed by atoms with E-state index in [-0.39, 0.29) is 17.2 Å². The molecule has 0 amide bonds. The van der Waals surface area contributed by atoms with Crippen LogP contribution in [0.3, 0.4) is 0 Å². The minimum Gasteiger partial charge on any atom is -0.487 e. The molecule has 0 radical (unpaired) electrons. The van der Waals surface area contributed by atoms with Crippen LogP contribution in [0.4, 0.5) is 5.69 Å². The van der Waals surface area contributed by atoms with E-state index in [1.54, 1.807) is 0 Å². The van der Waals surface area contributed by atoms with Crippen molar-refractivity contribution in [3.05, 3.63) is 110 Å². The fourth-order valence-electron chi connectivity index (χ4n) is 5.81. The number of halogens is 2. The summed E-state index contributed by atoms with van der Waals surface area (Å²) in [7, 11) is 0. The van der Waals surface area contributed by atoms with Gasteiger partial charge in [-0.3, -0.25) is 4.79 Å². The first kappa shape index (κ1) is 25.4. The average molecular weight is 631 g/mol. The monoisotopic (exact) mass is 629 g/mol. The molecule has 4 aromatic carbocycles. The summed E-state index contributed by atoms with van der Waals surface area (Å²) in [5.41, 5.74) is 7.59. The summed E-state index contributed by atoms with van der Waals surface area (Å²) in [6, 6.07) is 25.0. The van der Waals surface area contributed by atoms with Crippen LogP contribution in [-0.4, -0.2) is 5.78 Å². The number of fused-ring (bicyclic) bond motifs is 4. The average Bonchev–Trinajstić information content (AvgIpc) is 2.87. The highest BCUT2D eigenvalue weighted by Crippen LogP contribution is 2.52. The van der Waals surface area contributed by atoms with Crippen LogP contribution in [0.2, 0.25) is 0 Å². The second kappa shape index (κ2) is 9.69.